The third kappa shape index (κ3) is 2.89. The fraction of sp³-hybridized carbons (Fsp3) is 0.400. The van der Waals surface area contributed by atoms with Gasteiger partial charge in [-0.2, -0.15) is 0 Å². The highest BCUT2D eigenvalue weighted by molar-refractivity contribution is 7.70. The maximum absolute atomic E-state index is 2.39. The van der Waals surface area contributed by atoms with Gasteiger partial charge in [0.1, 0.15) is 0 Å². The van der Waals surface area contributed by atoms with E-state index in [0.717, 1.165) is 11.3 Å². The van der Waals surface area contributed by atoms with Gasteiger partial charge in [0.05, 0.1) is 0 Å². The highest BCUT2D eigenvalue weighted by Gasteiger charge is 2.40. The maximum atomic E-state index is 2.39. The molecular formula is C20H24P2. The summed E-state index contributed by atoms with van der Waals surface area (Å²) in [5, 5.41) is 3.32. The van der Waals surface area contributed by atoms with E-state index in [0.29, 0.717) is 0 Å². The first-order valence-corrected chi connectivity index (χ1v) is 11.8. The lowest BCUT2D eigenvalue weighted by Crippen LogP contribution is -2.24. The van der Waals surface area contributed by atoms with E-state index in [4.69, 9.17) is 0 Å². The van der Waals surface area contributed by atoms with Crippen molar-refractivity contribution in [2.24, 2.45) is 0 Å². The summed E-state index contributed by atoms with van der Waals surface area (Å²) in [5.41, 5.74) is 1.98. The van der Waals surface area contributed by atoms with Crippen LogP contribution in [-0.4, -0.2) is 23.6 Å². The Hall–Kier alpha value is -0.700. The zero-order valence-electron chi connectivity index (χ0n) is 13.1. The van der Waals surface area contributed by atoms with Crippen molar-refractivity contribution in [1.82, 2.24) is 0 Å². The minimum atomic E-state index is 0.0845. The monoisotopic (exact) mass is 326 g/mol. The van der Waals surface area contributed by atoms with E-state index >= 15 is 0 Å². The standard InChI is InChI=1S/C20H24P2/c1-3-9-17(10-4-1)21-15-7-13-19(21)20-14-8-16-22(20)18-11-5-2-6-12-18/h1-6,9-12,19-20H,7-8,13-16H2/t19-,20?,21?,22?/m1/s1. The molecule has 2 aliphatic rings. The van der Waals surface area contributed by atoms with E-state index in [1.54, 1.807) is 10.6 Å². The van der Waals surface area contributed by atoms with Gasteiger partial charge in [-0.05, 0) is 59.9 Å². The Morgan fingerprint density at radius 1 is 0.591 bits per heavy atom. The molecule has 0 nitrogen and oxygen atoms in total. The Kier molecular flexibility index (Phi) is 4.61. The van der Waals surface area contributed by atoms with Gasteiger partial charge in [0.25, 0.3) is 0 Å². The first kappa shape index (κ1) is 14.9. The average Bonchev–Trinajstić information content (AvgIpc) is 3.25. The molecule has 0 saturated carbocycles. The van der Waals surface area contributed by atoms with E-state index in [-0.39, 0.29) is 15.8 Å². The van der Waals surface area contributed by atoms with E-state index in [1.807, 2.05) is 0 Å². The van der Waals surface area contributed by atoms with Crippen LogP contribution in [0.3, 0.4) is 0 Å². The first-order valence-electron chi connectivity index (χ1n) is 8.57. The van der Waals surface area contributed by atoms with Gasteiger partial charge >= 0.3 is 0 Å². The Morgan fingerprint density at radius 3 is 1.41 bits per heavy atom. The molecule has 114 valence electrons. The summed E-state index contributed by atoms with van der Waals surface area (Å²) in [6.45, 7) is 0. The van der Waals surface area contributed by atoms with Crippen LogP contribution in [-0.2, 0) is 0 Å². The molecule has 0 radical (unpaired) electrons. The fourth-order valence-electron chi connectivity index (χ4n) is 4.27. The van der Waals surface area contributed by atoms with Gasteiger partial charge in [0.2, 0.25) is 0 Å². The van der Waals surface area contributed by atoms with Gasteiger partial charge in [-0.25, -0.2) is 0 Å². The molecule has 2 heteroatoms. The van der Waals surface area contributed by atoms with E-state index in [9.17, 15) is 0 Å². The summed E-state index contributed by atoms with van der Waals surface area (Å²) in [6, 6.07) is 22.8. The lowest BCUT2D eigenvalue weighted by molar-refractivity contribution is 0.697. The Labute approximate surface area is 136 Å². The van der Waals surface area contributed by atoms with E-state index in [2.05, 4.69) is 60.7 Å². The van der Waals surface area contributed by atoms with Crippen molar-refractivity contribution in [3.05, 3.63) is 60.7 Å². The zero-order valence-corrected chi connectivity index (χ0v) is 14.9. The predicted octanol–water partition coefficient (Wildman–Crippen LogP) is 4.93. The topological polar surface area (TPSA) is 0 Å². The van der Waals surface area contributed by atoms with Crippen LogP contribution in [0.5, 0.6) is 0 Å². The number of rotatable bonds is 3. The summed E-state index contributed by atoms with van der Waals surface area (Å²) in [6.07, 6.45) is 8.82. The van der Waals surface area contributed by atoms with Crippen LogP contribution in [0.4, 0.5) is 0 Å². The highest BCUT2D eigenvalue weighted by Crippen LogP contribution is 2.61. The van der Waals surface area contributed by atoms with Gasteiger partial charge in [0.15, 0.2) is 0 Å². The van der Waals surface area contributed by atoms with Crippen molar-refractivity contribution >= 4 is 26.5 Å². The average molecular weight is 326 g/mol. The molecule has 2 aromatic rings. The molecule has 2 heterocycles. The number of hydrogen-bond donors (Lipinski definition) is 0. The smallest absolute Gasteiger partial charge is 0.00981 e. The molecule has 22 heavy (non-hydrogen) atoms. The third-order valence-electron chi connectivity index (χ3n) is 5.22. The lowest BCUT2D eigenvalue weighted by Gasteiger charge is -2.31. The van der Waals surface area contributed by atoms with Crippen molar-refractivity contribution < 1.29 is 0 Å². The van der Waals surface area contributed by atoms with Gasteiger partial charge in [-0.1, -0.05) is 76.5 Å². The van der Waals surface area contributed by atoms with Gasteiger partial charge in [0, 0.05) is 0 Å². The largest absolute Gasteiger partial charge is 0.0715 e. The number of benzene rings is 2. The van der Waals surface area contributed by atoms with Crippen LogP contribution in [0.15, 0.2) is 60.7 Å². The van der Waals surface area contributed by atoms with Crippen molar-refractivity contribution in [3.8, 4) is 0 Å². The molecule has 0 amide bonds. The van der Waals surface area contributed by atoms with Crippen molar-refractivity contribution in [2.45, 2.75) is 37.0 Å². The second kappa shape index (κ2) is 6.82. The predicted molar refractivity (Wildman–Crippen MR) is 102 cm³/mol. The van der Waals surface area contributed by atoms with Crippen molar-refractivity contribution in [3.63, 3.8) is 0 Å². The minimum Gasteiger partial charge on any atom is -0.0715 e. The summed E-state index contributed by atoms with van der Waals surface area (Å²) < 4.78 is 0. The molecule has 0 aliphatic carbocycles. The van der Waals surface area contributed by atoms with E-state index < -0.39 is 0 Å². The summed E-state index contributed by atoms with van der Waals surface area (Å²) >= 11 is 0. The molecule has 4 rings (SSSR count). The SMILES string of the molecule is c1ccc(P2CCCC2[C@H]2CCCP2c2ccccc2)cc1. The van der Waals surface area contributed by atoms with Crippen LogP contribution in [0.25, 0.3) is 0 Å². The molecular weight excluding hydrogens is 302 g/mol. The normalized spacial score (nSPS) is 31.5. The molecule has 2 aliphatic heterocycles. The van der Waals surface area contributed by atoms with Crippen LogP contribution < -0.4 is 10.6 Å². The van der Waals surface area contributed by atoms with Crippen molar-refractivity contribution in [1.29, 1.82) is 0 Å². The first-order chi connectivity index (χ1) is 10.9. The zero-order chi connectivity index (χ0) is 14.8. The minimum absolute atomic E-state index is 0.0845. The fourth-order valence-corrected chi connectivity index (χ4v) is 11.5. The molecule has 2 fully saturated rings. The molecule has 2 saturated heterocycles. The van der Waals surface area contributed by atoms with Crippen LogP contribution in [0, 0.1) is 0 Å². The van der Waals surface area contributed by atoms with Crippen LogP contribution >= 0.6 is 15.8 Å². The molecule has 0 bridgehead atoms. The highest BCUT2D eigenvalue weighted by atomic mass is 31.1. The van der Waals surface area contributed by atoms with Crippen LogP contribution in [0.1, 0.15) is 25.7 Å². The Balaban J connectivity index is 1.60. The van der Waals surface area contributed by atoms with Gasteiger partial charge < -0.3 is 0 Å². The Morgan fingerprint density at radius 2 is 1.00 bits per heavy atom. The molecule has 4 atom stereocenters. The maximum Gasteiger partial charge on any atom is -0.00981 e. The molecule has 0 spiro atoms. The second-order valence-corrected chi connectivity index (χ2v) is 11.6. The number of hydrogen-bond acceptors (Lipinski definition) is 0. The Bertz CT molecular complexity index is 540. The summed E-state index contributed by atoms with van der Waals surface area (Å²) in [4.78, 5) is 0. The molecule has 0 aromatic heterocycles. The quantitative estimate of drug-likeness (QED) is 0.702. The summed E-state index contributed by atoms with van der Waals surface area (Å²) in [5.74, 6) is 0. The molecule has 3 unspecified atom stereocenters. The molecule has 2 aromatic carbocycles. The van der Waals surface area contributed by atoms with Crippen molar-refractivity contribution in [2.75, 3.05) is 12.3 Å². The van der Waals surface area contributed by atoms with Gasteiger partial charge in [-0.15, -0.1) is 0 Å². The molecule has 0 N–H and O–H groups in total. The second-order valence-electron chi connectivity index (χ2n) is 6.48. The summed E-state index contributed by atoms with van der Waals surface area (Å²) in [7, 11) is 0.169. The van der Waals surface area contributed by atoms with Crippen LogP contribution in [0.2, 0.25) is 0 Å². The lowest BCUT2D eigenvalue weighted by atomic mass is 10.1. The van der Waals surface area contributed by atoms with E-state index in [1.165, 1.54) is 38.0 Å². The third-order valence-corrected chi connectivity index (χ3v) is 11.8. The van der Waals surface area contributed by atoms with Gasteiger partial charge in [-0.3, -0.25) is 0 Å².